The van der Waals surface area contributed by atoms with Crippen molar-refractivity contribution in [1.29, 1.82) is 0 Å². The average molecular weight is 333 g/mol. The molecule has 126 valence electrons. The van der Waals surface area contributed by atoms with E-state index >= 15 is 0 Å². The fourth-order valence-electron chi connectivity index (χ4n) is 2.30. The van der Waals surface area contributed by atoms with Gasteiger partial charge in [0.25, 0.3) is 5.91 Å². The zero-order valence-electron chi connectivity index (χ0n) is 13.9. The van der Waals surface area contributed by atoms with E-state index in [9.17, 15) is 4.79 Å². The molecular formula is C20H19N3O2. The Kier molecular flexibility index (Phi) is 5.26. The van der Waals surface area contributed by atoms with Gasteiger partial charge in [0.15, 0.2) is 0 Å². The highest BCUT2D eigenvalue weighted by Crippen LogP contribution is 2.18. The second-order valence-corrected chi connectivity index (χ2v) is 5.45. The third-order valence-electron chi connectivity index (χ3n) is 3.68. The van der Waals surface area contributed by atoms with Gasteiger partial charge >= 0.3 is 0 Å². The average Bonchev–Trinajstić information content (AvgIpc) is 2.68. The van der Waals surface area contributed by atoms with Crippen LogP contribution in [0.1, 0.15) is 15.9 Å². The standard InChI is InChI=1S/C20H19N3O2/c1-25-18-10-8-17(9-11-18)23-19-12-7-16(14-21-19)20(24)22-13-15-5-3-2-4-6-15/h2-12,14H,13H2,1H3,(H,21,23)(H,22,24). The van der Waals surface area contributed by atoms with Crippen molar-refractivity contribution in [3.05, 3.63) is 84.1 Å². The molecule has 0 saturated heterocycles. The number of rotatable bonds is 6. The van der Waals surface area contributed by atoms with E-state index in [0.717, 1.165) is 17.0 Å². The molecule has 0 bridgehead atoms. The van der Waals surface area contributed by atoms with Crippen molar-refractivity contribution in [1.82, 2.24) is 10.3 Å². The lowest BCUT2D eigenvalue weighted by molar-refractivity contribution is 0.0950. The fourth-order valence-corrected chi connectivity index (χ4v) is 2.30. The number of nitrogens with zero attached hydrogens (tertiary/aromatic N) is 1. The van der Waals surface area contributed by atoms with Gasteiger partial charge in [0, 0.05) is 18.4 Å². The summed E-state index contributed by atoms with van der Waals surface area (Å²) in [6, 6.07) is 20.9. The van der Waals surface area contributed by atoms with E-state index in [2.05, 4.69) is 15.6 Å². The second kappa shape index (κ2) is 7.97. The van der Waals surface area contributed by atoms with Crippen molar-refractivity contribution in [2.45, 2.75) is 6.54 Å². The number of benzene rings is 2. The molecule has 0 fully saturated rings. The van der Waals surface area contributed by atoms with Gasteiger partial charge in [0.1, 0.15) is 11.6 Å². The molecule has 0 spiro atoms. The number of hydrogen-bond donors (Lipinski definition) is 2. The Morgan fingerprint density at radius 2 is 1.76 bits per heavy atom. The van der Waals surface area contributed by atoms with E-state index < -0.39 is 0 Å². The lowest BCUT2D eigenvalue weighted by atomic mass is 10.2. The van der Waals surface area contributed by atoms with Gasteiger partial charge in [0.05, 0.1) is 12.7 Å². The van der Waals surface area contributed by atoms with Crippen molar-refractivity contribution >= 4 is 17.4 Å². The van der Waals surface area contributed by atoms with Gasteiger partial charge in [-0.05, 0) is 42.0 Å². The van der Waals surface area contributed by atoms with Crippen LogP contribution in [0.15, 0.2) is 72.9 Å². The van der Waals surface area contributed by atoms with Crippen molar-refractivity contribution in [3.63, 3.8) is 0 Å². The molecule has 0 unspecified atom stereocenters. The number of carbonyl (C=O) groups excluding carboxylic acids is 1. The molecule has 5 heteroatoms. The Hall–Kier alpha value is -3.34. The zero-order chi connectivity index (χ0) is 17.5. The van der Waals surface area contributed by atoms with Gasteiger partial charge < -0.3 is 15.4 Å². The Morgan fingerprint density at radius 1 is 1.00 bits per heavy atom. The topological polar surface area (TPSA) is 63.2 Å². The minimum atomic E-state index is -0.146. The molecule has 3 aromatic rings. The van der Waals surface area contributed by atoms with Crippen LogP contribution in [0.25, 0.3) is 0 Å². The first kappa shape index (κ1) is 16.5. The second-order valence-electron chi connectivity index (χ2n) is 5.45. The molecule has 0 atom stereocenters. The Labute approximate surface area is 146 Å². The molecule has 0 aliphatic carbocycles. The highest BCUT2D eigenvalue weighted by molar-refractivity contribution is 5.94. The van der Waals surface area contributed by atoms with E-state index in [4.69, 9.17) is 4.74 Å². The van der Waals surface area contributed by atoms with Gasteiger partial charge in [-0.25, -0.2) is 4.98 Å². The molecule has 1 heterocycles. The Morgan fingerprint density at radius 3 is 2.40 bits per heavy atom. The highest BCUT2D eigenvalue weighted by atomic mass is 16.5. The van der Waals surface area contributed by atoms with Crippen LogP contribution in [0, 0.1) is 0 Å². The number of pyridine rings is 1. The van der Waals surface area contributed by atoms with Crippen LogP contribution >= 0.6 is 0 Å². The molecule has 0 aliphatic heterocycles. The Balaban J connectivity index is 1.58. The van der Waals surface area contributed by atoms with Crippen LogP contribution in [-0.4, -0.2) is 18.0 Å². The summed E-state index contributed by atoms with van der Waals surface area (Å²) in [5.74, 6) is 1.32. The van der Waals surface area contributed by atoms with Crippen LogP contribution < -0.4 is 15.4 Å². The van der Waals surface area contributed by atoms with Crippen LogP contribution in [0.3, 0.4) is 0 Å². The van der Waals surface area contributed by atoms with Gasteiger partial charge in [-0.2, -0.15) is 0 Å². The number of anilines is 2. The number of carbonyl (C=O) groups is 1. The maximum absolute atomic E-state index is 12.2. The number of nitrogens with one attached hydrogen (secondary N) is 2. The van der Waals surface area contributed by atoms with E-state index in [1.807, 2.05) is 54.6 Å². The van der Waals surface area contributed by atoms with E-state index in [1.54, 1.807) is 25.4 Å². The predicted octanol–water partition coefficient (Wildman–Crippen LogP) is 3.76. The first-order chi connectivity index (χ1) is 12.2. The van der Waals surface area contributed by atoms with Gasteiger partial charge in [-0.1, -0.05) is 30.3 Å². The van der Waals surface area contributed by atoms with Crippen molar-refractivity contribution in [2.24, 2.45) is 0 Å². The predicted molar refractivity (Wildman–Crippen MR) is 98.1 cm³/mol. The van der Waals surface area contributed by atoms with Crippen molar-refractivity contribution in [2.75, 3.05) is 12.4 Å². The summed E-state index contributed by atoms with van der Waals surface area (Å²) in [4.78, 5) is 16.5. The summed E-state index contributed by atoms with van der Waals surface area (Å²) >= 11 is 0. The highest BCUT2D eigenvalue weighted by Gasteiger charge is 2.06. The van der Waals surface area contributed by atoms with E-state index in [1.165, 1.54) is 0 Å². The summed E-state index contributed by atoms with van der Waals surface area (Å²) in [7, 11) is 1.63. The lowest BCUT2D eigenvalue weighted by Crippen LogP contribution is -2.22. The van der Waals surface area contributed by atoms with Crippen LogP contribution in [0.5, 0.6) is 5.75 Å². The maximum Gasteiger partial charge on any atom is 0.253 e. The lowest BCUT2D eigenvalue weighted by Gasteiger charge is -2.08. The largest absolute Gasteiger partial charge is 0.497 e. The molecular weight excluding hydrogens is 314 g/mol. The van der Waals surface area contributed by atoms with Gasteiger partial charge in [-0.15, -0.1) is 0 Å². The minimum Gasteiger partial charge on any atom is -0.497 e. The van der Waals surface area contributed by atoms with Crippen LogP contribution in [0.2, 0.25) is 0 Å². The third-order valence-corrected chi connectivity index (χ3v) is 3.68. The molecule has 2 aromatic carbocycles. The first-order valence-electron chi connectivity index (χ1n) is 7.94. The van der Waals surface area contributed by atoms with E-state index in [-0.39, 0.29) is 5.91 Å². The normalized spacial score (nSPS) is 10.1. The van der Waals surface area contributed by atoms with Crippen LogP contribution in [0.4, 0.5) is 11.5 Å². The van der Waals surface area contributed by atoms with E-state index in [0.29, 0.717) is 17.9 Å². The summed E-state index contributed by atoms with van der Waals surface area (Å²) < 4.78 is 5.13. The monoisotopic (exact) mass is 333 g/mol. The quantitative estimate of drug-likeness (QED) is 0.721. The number of ether oxygens (including phenoxy) is 1. The molecule has 2 N–H and O–H groups in total. The molecule has 0 radical (unpaired) electrons. The molecule has 25 heavy (non-hydrogen) atoms. The minimum absolute atomic E-state index is 0.146. The Bertz CT molecular complexity index is 816. The number of amides is 1. The molecule has 3 rings (SSSR count). The summed E-state index contributed by atoms with van der Waals surface area (Å²) in [6.45, 7) is 0.492. The number of hydrogen-bond acceptors (Lipinski definition) is 4. The van der Waals surface area contributed by atoms with Crippen LogP contribution in [-0.2, 0) is 6.54 Å². The molecule has 0 aliphatic rings. The smallest absolute Gasteiger partial charge is 0.253 e. The molecule has 1 amide bonds. The number of methoxy groups -OCH3 is 1. The van der Waals surface area contributed by atoms with Gasteiger partial charge in [-0.3, -0.25) is 4.79 Å². The molecule has 1 aromatic heterocycles. The van der Waals surface area contributed by atoms with Gasteiger partial charge in [0.2, 0.25) is 0 Å². The summed E-state index contributed by atoms with van der Waals surface area (Å²) in [5, 5.41) is 6.06. The summed E-state index contributed by atoms with van der Waals surface area (Å²) in [5.41, 5.74) is 2.48. The zero-order valence-corrected chi connectivity index (χ0v) is 13.9. The first-order valence-corrected chi connectivity index (χ1v) is 7.94. The number of aromatic nitrogens is 1. The fraction of sp³-hybridized carbons (Fsp3) is 0.100. The van der Waals surface area contributed by atoms with Crippen molar-refractivity contribution in [3.8, 4) is 5.75 Å². The maximum atomic E-state index is 12.2. The summed E-state index contributed by atoms with van der Waals surface area (Å²) in [6.07, 6.45) is 1.56. The van der Waals surface area contributed by atoms with Crippen molar-refractivity contribution < 1.29 is 9.53 Å². The SMILES string of the molecule is COc1ccc(Nc2ccc(C(=O)NCc3ccccc3)cn2)cc1. The third kappa shape index (κ3) is 4.57. The molecule has 0 saturated carbocycles. The molecule has 5 nitrogen and oxygen atoms in total.